The van der Waals surface area contributed by atoms with Crippen molar-refractivity contribution in [1.29, 1.82) is 0 Å². The van der Waals surface area contributed by atoms with Gasteiger partial charge in [0.1, 0.15) is 5.75 Å². The van der Waals surface area contributed by atoms with E-state index in [9.17, 15) is 4.79 Å². The molecule has 0 radical (unpaired) electrons. The van der Waals surface area contributed by atoms with Gasteiger partial charge in [-0.05, 0) is 53.2 Å². The Balaban J connectivity index is 1.91. The highest BCUT2D eigenvalue weighted by Crippen LogP contribution is 2.30. The number of benzene rings is 2. The number of carbonyl (C=O) groups excluding carboxylic acids is 1. The fourth-order valence-electron chi connectivity index (χ4n) is 2.50. The Morgan fingerprint density at radius 3 is 2.68 bits per heavy atom. The number of urea groups is 1. The summed E-state index contributed by atoms with van der Waals surface area (Å²) in [4.78, 5) is 17.0. The first-order chi connectivity index (χ1) is 12.0. The molecule has 5 nitrogen and oxygen atoms in total. The summed E-state index contributed by atoms with van der Waals surface area (Å²) in [6, 6.07) is 12.2. The Morgan fingerprint density at radius 1 is 1.16 bits per heavy atom. The lowest BCUT2D eigenvalue weighted by molar-refractivity contribution is 0.262. The number of pyridine rings is 1. The quantitative estimate of drug-likeness (QED) is 0.579. The van der Waals surface area contributed by atoms with Gasteiger partial charge in [0.05, 0.1) is 24.0 Å². The van der Waals surface area contributed by atoms with Gasteiger partial charge in [-0.1, -0.05) is 23.7 Å². The van der Waals surface area contributed by atoms with Crippen molar-refractivity contribution in [3.63, 3.8) is 0 Å². The summed E-state index contributed by atoms with van der Waals surface area (Å²) in [6.45, 7) is 1.88. The smallest absolute Gasteiger partial charge is 0.323 e. The maximum atomic E-state index is 12.4. The van der Waals surface area contributed by atoms with Gasteiger partial charge in [-0.3, -0.25) is 4.98 Å². The Morgan fingerprint density at radius 2 is 1.92 bits per heavy atom. The summed E-state index contributed by atoms with van der Waals surface area (Å²) in [5.74, 6) is 0.526. The number of aryl methyl sites for hydroxylation is 1. The molecule has 7 heteroatoms. The van der Waals surface area contributed by atoms with E-state index >= 15 is 0 Å². The maximum Gasteiger partial charge on any atom is 0.323 e. The van der Waals surface area contributed by atoms with Crippen molar-refractivity contribution in [2.45, 2.75) is 6.92 Å². The third kappa shape index (κ3) is 3.86. The molecule has 0 bridgehead atoms. The van der Waals surface area contributed by atoms with Crippen molar-refractivity contribution in [3.05, 3.63) is 57.7 Å². The molecule has 0 aliphatic rings. The summed E-state index contributed by atoms with van der Waals surface area (Å²) >= 11 is 9.48. The van der Waals surface area contributed by atoms with Crippen molar-refractivity contribution in [1.82, 2.24) is 4.98 Å². The molecule has 0 spiro atoms. The lowest BCUT2D eigenvalue weighted by Crippen LogP contribution is -2.20. The molecule has 0 aliphatic heterocycles. The normalized spacial score (nSPS) is 10.6. The van der Waals surface area contributed by atoms with Gasteiger partial charge in [-0.2, -0.15) is 0 Å². The van der Waals surface area contributed by atoms with E-state index in [4.69, 9.17) is 16.3 Å². The number of amides is 2. The number of carbonyl (C=O) groups is 1. The zero-order chi connectivity index (χ0) is 18.0. The van der Waals surface area contributed by atoms with Gasteiger partial charge in [-0.25, -0.2) is 4.79 Å². The third-order valence-electron chi connectivity index (χ3n) is 3.58. The number of ether oxygens (including phenoxy) is 1. The van der Waals surface area contributed by atoms with Crippen LogP contribution in [0.1, 0.15) is 5.69 Å². The maximum absolute atomic E-state index is 12.4. The zero-order valence-corrected chi connectivity index (χ0v) is 15.9. The monoisotopic (exact) mass is 419 g/mol. The van der Waals surface area contributed by atoms with Gasteiger partial charge in [0, 0.05) is 20.6 Å². The number of hydrogen-bond acceptors (Lipinski definition) is 3. The largest absolute Gasteiger partial charge is 0.495 e. The highest BCUT2D eigenvalue weighted by molar-refractivity contribution is 9.10. The second-order valence-electron chi connectivity index (χ2n) is 5.37. The molecule has 0 saturated carbocycles. The average Bonchev–Trinajstić information content (AvgIpc) is 2.56. The fourth-order valence-corrected chi connectivity index (χ4v) is 3.13. The molecule has 25 heavy (non-hydrogen) atoms. The van der Waals surface area contributed by atoms with Crippen molar-refractivity contribution in [3.8, 4) is 5.75 Å². The minimum absolute atomic E-state index is 0.396. The van der Waals surface area contributed by atoms with Crippen LogP contribution in [0.15, 0.2) is 46.9 Å². The molecule has 0 atom stereocenters. The predicted molar refractivity (Wildman–Crippen MR) is 105 cm³/mol. The SMILES string of the molecule is COc1ccc(Cl)cc1NC(=O)Nc1cc(C)nc2c(Br)cccc12. The molecule has 0 saturated heterocycles. The standard InChI is InChI=1S/C18H15BrClN3O2/c1-10-8-14(12-4-3-5-13(19)17(12)21-10)22-18(24)23-15-9-11(20)6-7-16(15)25-2/h3-9H,1-2H3,(H2,21,22,23,24). The first kappa shape index (κ1) is 17.5. The van der Waals surface area contributed by atoms with E-state index < -0.39 is 6.03 Å². The summed E-state index contributed by atoms with van der Waals surface area (Å²) < 4.78 is 6.11. The van der Waals surface area contributed by atoms with E-state index in [1.807, 2.05) is 31.2 Å². The van der Waals surface area contributed by atoms with Gasteiger partial charge in [-0.15, -0.1) is 0 Å². The van der Waals surface area contributed by atoms with Gasteiger partial charge >= 0.3 is 6.03 Å². The van der Waals surface area contributed by atoms with Crippen LogP contribution in [0.3, 0.4) is 0 Å². The molecule has 0 aliphatic carbocycles. The molecule has 1 heterocycles. The molecule has 2 amide bonds. The summed E-state index contributed by atoms with van der Waals surface area (Å²) in [5.41, 5.74) is 2.75. The summed E-state index contributed by atoms with van der Waals surface area (Å²) in [6.07, 6.45) is 0. The predicted octanol–water partition coefficient (Wildman–Crippen LogP) is 5.61. The number of aromatic nitrogens is 1. The number of hydrogen-bond donors (Lipinski definition) is 2. The van der Waals surface area contributed by atoms with E-state index in [2.05, 4.69) is 31.5 Å². The molecular formula is C18H15BrClN3O2. The number of methoxy groups -OCH3 is 1. The van der Waals surface area contributed by atoms with Gasteiger partial charge in [0.2, 0.25) is 0 Å². The molecule has 0 unspecified atom stereocenters. The fraction of sp³-hybridized carbons (Fsp3) is 0.111. The van der Waals surface area contributed by atoms with E-state index in [1.165, 1.54) is 7.11 Å². The number of nitrogens with one attached hydrogen (secondary N) is 2. The van der Waals surface area contributed by atoms with Gasteiger partial charge in [0.15, 0.2) is 0 Å². The molecule has 2 aromatic carbocycles. The van der Waals surface area contributed by atoms with Crippen LogP contribution < -0.4 is 15.4 Å². The van der Waals surface area contributed by atoms with Crippen LogP contribution in [0.5, 0.6) is 5.75 Å². The Kier molecular flexibility index (Phi) is 5.11. The van der Waals surface area contributed by atoms with Crippen LogP contribution in [0.25, 0.3) is 10.9 Å². The topological polar surface area (TPSA) is 63.2 Å². The second-order valence-corrected chi connectivity index (χ2v) is 6.66. The number of para-hydroxylation sites is 1. The molecule has 128 valence electrons. The van der Waals surface area contributed by atoms with E-state index in [0.717, 1.165) is 21.1 Å². The number of anilines is 2. The first-order valence-electron chi connectivity index (χ1n) is 7.45. The molecule has 3 rings (SSSR count). The Labute approximate surface area is 158 Å². The van der Waals surface area contributed by atoms with Gasteiger partial charge in [0.25, 0.3) is 0 Å². The Hall–Kier alpha value is -2.31. The Bertz CT molecular complexity index is 962. The molecule has 2 N–H and O–H groups in total. The molecule has 0 fully saturated rings. The molecule has 1 aromatic heterocycles. The van der Waals surface area contributed by atoms with E-state index in [0.29, 0.717) is 22.1 Å². The van der Waals surface area contributed by atoms with Crippen LogP contribution in [-0.4, -0.2) is 18.1 Å². The highest BCUT2D eigenvalue weighted by atomic mass is 79.9. The third-order valence-corrected chi connectivity index (χ3v) is 4.45. The van der Waals surface area contributed by atoms with Crippen molar-refractivity contribution >= 4 is 55.8 Å². The second kappa shape index (κ2) is 7.29. The summed E-state index contributed by atoms with van der Waals surface area (Å²) in [7, 11) is 1.53. The number of halogens is 2. The summed E-state index contributed by atoms with van der Waals surface area (Å²) in [5, 5.41) is 6.97. The zero-order valence-electron chi connectivity index (χ0n) is 13.6. The van der Waals surface area contributed by atoms with Crippen LogP contribution in [0.2, 0.25) is 5.02 Å². The van der Waals surface area contributed by atoms with Crippen molar-refractivity contribution in [2.24, 2.45) is 0 Å². The molecule has 3 aromatic rings. The number of fused-ring (bicyclic) bond motifs is 1. The lowest BCUT2D eigenvalue weighted by atomic mass is 10.1. The van der Waals surface area contributed by atoms with Crippen LogP contribution in [0.4, 0.5) is 16.2 Å². The van der Waals surface area contributed by atoms with Crippen LogP contribution in [0, 0.1) is 6.92 Å². The van der Waals surface area contributed by atoms with Crippen LogP contribution >= 0.6 is 27.5 Å². The highest BCUT2D eigenvalue weighted by Gasteiger charge is 2.12. The minimum Gasteiger partial charge on any atom is -0.495 e. The number of rotatable bonds is 3. The average molecular weight is 421 g/mol. The van der Waals surface area contributed by atoms with E-state index in [-0.39, 0.29) is 0 Å². The first-order valence-corrected chi connectivity index (χ1v) is 8.62. The van der Waals surface area contributed by atoms with Gasteiger partial charge < -0.3 is 15.4 Å². The number of nitrogens with zero attached hydrogens (tertiary/aromatic N) is 1. The van der Waals surface area contributed by atoms with Crippen molar-refractivity contribution < 1.29 is 9.53 Å². The van der Waals surface area contributed by atoms with E-state index in [1.54, 1.807) is 18.2 Å². The van der Waals surface area contributed by atoms with Crippen LogP contribution in [-0.2, 0) is 0 Å². The van der Waals surface area contributed by atoms with Crippen molar-refractivity contribution in [2.75, 3.05) is 17.7 Å². The lowest BCUT2D eigenvalue weighted by Gasteiger charge is -2.13. The minimum atomic E-state index is -0.396. The molecular weight excluding hydrogens is 406 g/mol.